The Bertz CT molecular complexity index is 378. The molecule has 3 heteroatoms. The van der Waals surface area contributed by atoms with E-state index < -0.39 is 5.60 Å². The highest BCUT2D eigenvalue weighted by atomic mass is 79.9. The lowest BCUT2D eigenvalue weighted by Gasteiger charge is -2.14. The molecule has 2 unspecified atom stereocenters. The maximum atomic E-state index is 10.4. The third-order valence-electron chi connectivity index (χ3n) is 3.21. The van der Waals surface area contributed by atoms with Crippen LogP contribution in [-0.2, 0) is 5.60 Å². The van der Waals surface area contributed by atoms with Crippen LogP contribution in [0, 0.1) is 5.92 Å². The molecule has 2 nitrogen and oxygen atoms in total. The number of hydrogen-bond donors (Lipinski definition) is 1. The molecule has 0 aromatic heterocycles. The second-order valence-electron chi connectivity index (χ2n) is 4.08. The number of rotatable bonds is 3. The van der Waals surface area contributed by atoms with Crippen LogP contribution in [0.1, 0.15) is 25.3 Å². The van der Waals surface area contributed by atoms with Crippen LogP contribution in [0.15, 0.2) is 22.7 Å². The van der Waals surface area contributed by atoms with Crippen molar-refractivity contribution < 1.29 is 9.84 Å². The normalized spacial score (nSPS) is 28.9. The maximum Gasteiger partial charge on any atom is 0.119 e. The van der Waals surface area contributed by atoms with Crippen molar-refractivity contribution in [2.75, 3.05) is 7.11 Å². The molecule has 15 heavy (non-hydrogen) atoms. The summed E-state index contributed by atoms with van der Waals surface area (Å²) in [5.74, 6) is 1.18. The Morgan fingerprint density at radius 3 is 2.87 bits per heavy atom. The van der Waals surface area contributed by atoms with Gasteiger partial charge in [-0.15, -0.1) is 0 Å². The highest BCUT2D eigenvalue weighted by Gasteiger charge is 2.53. The fourth-order valence-corrected chi connectivity index (χ4v) is 2.68. The summed E-state index contributed by atoms with van der Waals surface area (Å²) in [4.78, 5) is 0. The molecule has 1 aliphatic rings. The Kier molecular flexibility index (Phi) is 2.77. The first-order valence-corrected chi connectivity index (χ1v) is 5.97. The van der Waals surface area contributed by atoms with E-state index in [1.54, 1.807) is 7.11 Å². The molecule has 2 rings (SSSR count). The van der Waals surface area contributed by atoms with Crippen LogP contribution < -0.4 is 4.74 Å². The number of methoxy groups -OCH3 is 1. The standard InChI is InChI=1S/C12H15BrO2/c1-3-8-7-12(8,14)10-6-9(15-2)4-5-11(10)13/h4-6,8,14H,3,7H2,1-2H3. The molecular formula is C12H15BrO2. The third-order valence-corrected chi connectivity index (χ3v) is 3.90. The summed E-state index contributed by atoms with van der Waals surface area (Å²) in [6, 6.07) is 5.73. The number of aliphatic hydroxyl groups is 1. The monoisotopic (exact) mass is 270 g/mol. The number of hydrogen-bond acceptors (Lipinski definition) is 2. The van der Waals surface area contributed by atoms with Gasteiger partial charge < -0.3 is 9.84 Å². The van der Waals surface area contributed by atoms with Gasteiger partial charge in [0.25, 0.3) is 0 Å². The molecular weight excluding hydrogens is 256 g/mol. The summed E-state index contributed by atoms with van der Waals surface area (Å²) in [5.41, 5.74) is 0.316. The van der Waals surface area contributed by atoms with Crippen molar-refractivity contribution in [3.8, 4) is 5.75 Å². The minimum atomic E-state index is -0.637. The zero-order valence-corrected chi connectivity index (χ0v) is 10.5. The minimum Gasteiger partial charge on any atom is -0.497 e. The van der Waals surface area contributed by atoms with Gasteiger partial charge in [-0.05, 0) is 30.5 Å². The topological polar surface area (TPSA) is 29.5 Å². The number of ether oxygens (including phenoxy) is 1. The van der Waals surface area contributed by atoms with Crippen LogP contribution in [0.4, 0.5) is 0 Å². The van der Waals surface area contributed by atoms with Gasteiger partial charge in [-0.1, -0.05) is 29.3 Å². The largest absolute Gasteiger partial charge is 0.497 e. The minimum absolute atomic E-state index is 0.390. The zero-order valence-electron chi connectivity index (χ0n) is 8.96. The Morgan fingerprint density at radius 2 is 2.33 bits per heavy atom. The van der Waals surface area contributed by atoms with E-state index in [0.717, 1.165) is 28.6 Å². The Morgan fingerprint density at radius 1 is 1.60 bits per heavy atom. The molecule has 0 aliphatic heterocycles. The van der Waals surface area contributed by atoms with Crippen molar-refractivity contribution in [1.82, 2.24) is 0 Å². The molecule has 1 saturated carbocycles. The quantitative estimate of drug-likeness (QED) is 0.915. The van der Waals surface area contributed by atoms with E-state index in [1.165, 1.54) is 0 Å². The van der Waals surface area contributed by atoms with Crippen LogP contribution in [0.3, 0.4) is 0 Å². The molecule has 0 amide bonds. The van der Waals surface area contributed by atoms with Crippen LogP contribution in [0.2, 0.25) is 0 Å². The highest BCUT2D eigenvalue weighted by Crippen LogP contribution is 2.55. The molecule has 0 spiro atoms. The average Bonchev–Trinajstić information content (AvgIpc) is 2.92. The van der Waals surface area contributed by atoms with E-state index in [9.17, 15) is 5.11 Å². The maximum absolute atomic E-state index is 10.4. The summed E-state index contributed by atoms with van der Waals surface area (Å²) in [5, 5.41) is 10.4. The van der Waals surface area contributed by atoms with Crippen molar-refractivity contribution in [1.29, 1.82) is 0 Å². The molecule has 0 bridgehead atoms. The summed E-state index contributed by atoms with van der Waals surface area (Å²) in [6.45, 7) is 2.11. The molecule has 0 saturated heterocycles. The van der Waals surface area contributed by atoms with E-state index in [2.05, 4.69) is 22.9 Å². The van der Waals surface area contributed by atoms with Gasteiger partial charge in [0.05, 0.1) is 12.7 Å². The van der Waals surface area contributed by atoms with Crippen LogP contribution in [0.5, 0.6) is 5.75 Å². The third kappa shape index (κ3) is 1.79. The fraction of sp³-hybridized carbons (Fsp3) is 0.500. The van der Waals surface area contributed by atoms with Crippen LogP contribution in [-0.4, -0.2) is 12.2 Å². The summed E-state index contributed by atoms with van der Waals surface area (Å²) in [7, 11) is 1.64. The second kappa shape index (κ2) is 3.80. The molecule has 82 valence electrons. The molecule has 1 aromatic carbocycles. The van der Waals surface area contributed by atoms with Gasteiger partial charge in [-0.3, -0.25) is 0 Å². The van der Waals surface area contributed by atoms with Crippen LogP contribution in [0.25, 0.3) is 0 Å². The molecule has 0 heterocycles. The first-order valence-electron chi connectivity index (χ1n) is 5.18. The van der Waals surface area contributed by atoms with Gasteiger partial charge in [0.2, 0.25) is 0 Å². The molecule has 2 atom stereocenters. The highest BCUT2D eigenvalue weighted by molar-refractivity contribution is 9.10. The smallest absolute Gasteiger partial charge is 0.119 e. The molecule has 0 radical (unpaired) electrons. The predicted molar refractivity (Wildman–Crippen MR) is 63.0 cm³/mol. The lowest BCUT2D eigenvalue weighted by molar-refractivity contribution is 0.129. The summed E-state index contributed by atoms with van der Waals surface area (Å²) >= 11 is 3.48. The summed E-state index contributed by atoms with van der Waals surface area (Å²) < 4.78 is 6.13. The molecule has 1 N–H and O–H groups in total. The lowest BCUT2D eigenvalue weighted by atomic mass is 10.0. The van der Waals surface area contributed by atoms with Gasteiger partial charge in [0, 0.05) is 10.0 Å². The lowest BCUT2D eigenvalue weighted by Crippen LogP contribution is -2.09. The number of halogens is 1. The van der Waals surface area contributed by atoms with E-state index in [0.29, 0.717) is 5.92 Å². The van der Waals surface area contributed by atoms with Crippen molar-refractivity contribution >= 4 is 15.9 Å². The van der Waals surface area contributed by atoms with E-state index in [1.807, 2.05) is 18.2 Å². The molecule has 1 fully saturated rings. The molecule has 1 aliphatic carbocycles. The van der Waals surface area contributed by atoms with Gasteiger partial charge in [-0.25, -0.2) is 0 Å². The van der Waals surface area contributed by atoms with E-state index in [4.69, 9.17) is 4.74 Å². The Balaban J connectivity index is 2.36. The SMILES string of the molecule is CCC1CC1(O)c1cc(OC)ccc1Br. The van der Waals surface area contributed by atoms with Gasteiger partial charge in [0.1, 0.15) is 5.75 Å². The number of benzene rings is 1. The first kappa shape index (κ1) is 11.0. The second-order valence-corrected chi connectivity index (χ2v) is 4.93. The van der Waals surface area contributed by atoms with E-state index >= 15 is 0 Å². The Hall–Kier alpha value is -0.540. The molecule has 1 aromatic rings. The fourth-order valence-electron chi connectivity index (χ4n) is 2.09. The summed E-state index contributed by atoms with van der Waals surface area (Å²) in [6.07, 6.45) is 1.87. The van der Waals surface area contributed by atoms with Crippen molar-refractivity contribution in [3.63, 3.8) is 0 Å². The predicted octanol–water partition coefficient (Wildman–Crippen LogP) is 3.08. The van der Waals surface area contributed by atoms with Crippen molar-refractivity contribution in [2.45, 2.75) is 25.4 Å². The van der Waals surface area contributed by atoms with Gasteiger partial charge in [0.15, 0.2) is 0 Å². The first-order chi connectivity index (χ1) is 7.11. The average molecular weight is 271 g/mol. The van der Waals surface area contributed by atoms with Crippen molar-refractivity contribution in [3.05, 3.63) is 28.2 Å². The van der Waals surface area contributed by atoms with Crippen molar-refractivity contribution in [2.24, 2.45) is 5.92 Å². The van der Waals surface area contributed by atoms with Gasteiger partial charge >= 0.3 is 0 Å². The van der Waals surface area contributed by atoms with Gasteiger partial charge in [-0.2, -0.15) is 0 Å². The zero-order chi connectivity index (χ0) is 11.1. The van der Waals surface area contributed by atoms with E-state index in [-0.39, 0.29) is 0 Å². The Labute approximate surface area is 98.4 Å². The van der Waals surface area contributed by atoms with Crippen LogP contribution >= 0.6 is 15.9 Å².